The molecular weight excluding hydrogens is 183 g/mol. The molecule has 0 saturated carbocycles. The second-order valence-electron chi connectivity index (χ2n) is 2.93. The third-order valence-corrected chi connectivity index (χ3v) is 2.08. The van der Waals surface area contributed by atoms with Crippen LogP contribution < -0.4 is 5.32 Å². The lowest BCUT2D eigenvalue weighted by Crippen LogP contribution is -2.32. The highest BCUT2D eigenvalue weighted by Crippen LogP contribution is 2.36. The molecule has 0 saturated heterocycles. The first-order valence-corrected chi connectivity index (χ1v) is 3.92. The van der Waals surface area contributed by atoms with Crippen molar-refractivity contribution in [3.8, 4) is 0 Å². The molecule has 1 unspecified atom stereocenters. The van der Waals surface area contributed by atoms with Crippen LogP contribution in [0.25, 0.3) is 0 Å². The molecular formula is C7H8F3N3. The number of anilines is 1. The lowest BCUT2D eigenvalue weighted by Gasteiger charge is -2.27. The summed E-state index contributed by atoms with van der Waals surface area (Å²) < 4.78 is 38.4. The van der Waals surface area contributed by atoms with E-state index in [0.29, 0.717) is 12.5 Å². The molecule has 0 amide bonds. The number of rotatable bonds is 0. The van der Waals surface area contributed by atoms with Gasteiger partial charge in [-0.05, 0) is 6.42 Å². The molecule has 2 heterocycles. The molecule has 0 fully saturated rings. The molecule has 1 N–H and O–H groups in total. The number of hydrogen-bond donors (Lipinski definition) is 1. The van der Waals surface area contributed by atoms with E-state index < -0.39 is 12.2 Å². The lowest BCUT2D eigenvalue weighted by molar-refractivity contribution is -0.169. The van der Waals surface area contributed by atoms with E-state index in [0.717, 1.165) is 4.57 Å². The van der Waals surface area contributed by atoms with Crippen molar-refractivity contribution in [2.75, 3.05) is 11.9 Å². The topological polar surface area (TPSA) is 29.9 Å². The quantitative estimate of drug-likeness (QED) is 0.677. The molecule has 3 nitrogen and oxygen atoms in total. The Labute approximate surface area is 72.6 Å². The van der Waals surface area contributed by atoms with E-state index in [2.05, 4.69) is 10.3 Å². The molecule has 1 aliphatic rings. The van der Waals surface area contributed by atoms with Crippen molar-refractivity contribution in [1.29, 1.82) is 0 Å². The number of alkyl halides is 3. The second kappa shape index (κ2) is 2.65. The van der Waals surface area contributed by atoms with E-state index in [1.807, 2.05) is 0 Å². The largest absolute Gasteiger partial charge is 0.409 e. The Morgan fingerprint density at radius 1 is 1.54 bits per heavy atom. The van der Waals surface area contributed by atoms with Gasteiger partial charge < -0.3 is 9.88 Å². The number of imidazole rings is 1. The fraction of sp³-hybridized carbons (Fsp3) is 0.571. The Morgan fingerprint density at radius 3 is 3.00 bits per heavy atom. The van der Waals surface area contributed by atoms with Crippen LogP contribution in [-0.4, -0.2) is 22.3 Å². The highest BCUT2D eigenvalue weighted by atomic mass is 19.4. The van der Waals surface area contributed by atoms with Gasteiger partial charge in [0.2, 0.25) is 5.95 Å². The first kappa shape index (κ1) is 8.40. The molecule has 0 bridgehead atoms. The summed E-state index contributed by atoms with van der Waals surface area (Å²) in [5.74, 6) is 0.300. The Kier molecular flexibility index (Phi) is 1.71. The molecule has 13 heavy (non-hydrogen) atoms. The van der Waals surface area contributed by atoms with Gasteiger partial charge in [0.05, 0.1) is 0 Å². The number of aromatic nitrogens is 2. The van der Waals surface area contributed by atoms with Gasteiger partial charge in [0.1, 0.15) is 6.04 Å². The average molecular weight is 191 g/mol. The van der Waals surface area contributed by atoms with E-state index in [1.54, 1.807) is 0 Å². The van der Waals surface area contributed by atoms with Crippen LogP contribution in [0.5, 0.6) is 0 Å². The number of hydrogen-bond acceptors (Lipinski definition) is 2. The van der Waals surface area contributed by atoms with E-state index in [1.165, 1.54) is 12.4 Å². The maximum absolute atomic E-state index is 12.4. The van der Waals surface area contributed by atoms with E-state index >= 15 is 0 Å². The van der Waals surface area contributed by atoms with Gasteiger partial charge in [-0.1, -0.05) is 0 Å². The Hall–Kier alpha value is -1.20. The van der Waals surface area contributed by atoms with E-state index in [9.17, 15) is 13.2 Å². The molecule has 2 rings (SSSR count). The lowest BCUT2D eigenvalue weighted by atomic mass is 10.1. The summed E-state index contributed by atoms with van der Waals surface area (Å²) >= 11 is 0. The molecule has 72 valence electrons. The minimum Gasteiger partial charge on any atom is -0.356 e. The first-order chi connectivity index (χ1) is 6.09. The van der Waals surface area contributed by atoms with Crippen molar-refractivity contribution >= 4 is 5.95 Å². The van der Waals surface area contributed by atoms with Crippen LogP contribution >= 0.6 is 0 Å². The molecule has 0 aliphatic carbocycles. The summed E-state index contributed by atoms with van der Waals surface area (Å²) in [5, 5.41) is 2.80. The zero-order chi connectivity index (χ0) is 9.47. The van der Waals surface area contributed by atoms with Crippen molar-refractivity contribution in [1.82, 2.24) is 9.55 Å². The fourth-order valence-electron chi connectivity index (χ4n) is 1.48. The third-order valence-electron chi connectivity index (χ3n) is 2.08. The van der Waals surface area contributed by atoms with Crippen LogP contribution in [0.4, 0.5) is 19.1 Å². The highest BCUT2D eigenvalue weighted by Gasteiger charge is 2.42. The predicted molar refractivity (Wildman–Crippen MR) is 40.4 cm³/mol. The van der Waals surface area contributed by atoms with Gasteiger partial charge >= 0.3 is 6.18 Å². The normalized spacial score (nSPS) is 22.2. The van der Waals surface area contributed by atoms with Gasteiger partial charge in [-0.15, -0.1) is 0 Å². The summed E-state index contributed by atoms with van der Waals surface area (Å²) in [6.45, 7) is 0.321. The predicted octanol–water partition coefficient (Wildman–Crippen LogP) is 1.80. The smallest absolute Gasteiger partial charge is 0.356 e. The molecule has 0 spiro atoms. The minimum atomic E-state index is -4.18. The Balaban J connectivity index is 2.35. The van der Waals surface area contributed by atoms with E-state index in [4.69, 9.17) is 0 Å². The van der Waals surface area contributed by atoms with Crippen LogP contribution in [0, 0.1) is 0 Å². The van der Waals surface area contributed by atoms with Crippen molar-refractivity contribution in [3.63, 3.8) is 0 Å². The van der Waals surface area contributed by atoms with Crippen molar-refractivity contribution in [2.45, 2.75) is 18.6 Å². The standard InChI is InChI=1S/C7H8F3N3/c8-7(9,10)5-1-2-11-6-12-3-4-13(5)6/h3-5H,1-2H2,(H,11,12). The second-order valence-corrected chi connectivity index (χ2v) is 2.93. The maximum Gasteiger partial charge on any atom is 0.409 e. The van der Waals surface area contributed by atoms with Gasteiger partial charge in [0.15, 0.2) is 0 Å². The van der Waals surface area contributed by atoms with Gasteiger partial charge in [0, 0.05) is 18.9 Å². The number of fused-ring (bicyclic) bond motifs is 1. The van der Waals surface area contributed by atoms with Crippen LogP contribution in [-0.2, 0) is 0 Å². The van der Waals surface area contributed by atoms with Crippen LogP contribution in [0.2, 0.25) is 0 Å². The van der Waals surface area contributed by atoms with E-state index in [-0.39, 0.29) is 6.42 Å². The number of nitrogens with zero attached hydrogens (tertiary/aromatic N) is 2. The average Bonchev–Trinajstić information content (AvgIpc) is 2.48. The third kappa shape index (κ3) is 1.36. The summed E-state index contributed by atoms with van der Waals surface area (Å²) in [6, 6.07) is -1.42. The first-order valence-electron chi connectivity index (χ1n) is 3.92. The van der Waals surface area contributed by atoms with Gasteiger partial charge in [0.25, 0.3) is 0 Å². The fourth-order valence-corrected chi connectivity index (χ4v) is 1.48. The summed E-state index contributed by atoms with van der Waals surface area (Å²) in [6.07, 6.45) is -1.41. The van der Waals surface area contributed by atoms with Crippen LogP contribution in [0.1, 0.15) is 12.5 Å². The van der Waals surface area contributed by atoms with Gasteiger partial charge in [-0.3, -0.25) is 0 Å². The van der Waals surface area contributed by atoms with Crippen molar-refractivity contribution in [2.24, 2.45) is 0 Å². The molecule has 1 aromatic heterocycles. The Morgan fingerprint density at radius 2 is 2.31 bits per heavy atom. The zero-order valence-electron chi connectivity index (χ0n) is 6.67. The van der Waals surface area contributed by atoms with Crippen molar-refractivity contribution < 1.29 is 13.2 Å². The number of nitrogens with one attached hydrogen (secondary N) is 1. The van der Waals surface area contributed by atoms with Crippen LogP contribution in [0.15, 0.2) is 12.4 Å². The van der Waals surface area contributed by atoms with Gasteiger partial charge in [-0.25, -0.2) is 4.98 Å². The molecule has 1 aliphatic heterocycles. The van der Waals surface area contributed by atoms with Gasteiger partial charge in [-0.2, -0.15) is 13.2 Å². The highest BCUT2D eigenvalue weighted by molar-refractivity contribution is 5.29. The SMILES string of the molecule is FC(F)(F)C1CCNc2nccn21. The monoisotopic (exact) mass is 191 g/mol. The zero-order valence-corrected chi connectivity index (χ0v) is 6.67. The Bertz CT molecular complexity index is 304. The summed E-state index contributed by atoms with van der Waals surface area (Å²) in [4.78, 5) is 3.77. The number of halogens is 3. The maximum atomic E-state index is 12.4. The summed E-state index contributed by atoms with van der Waals surface area (Å²) in [5.41, 5.74) is 0. The molecule has 1 atom stereocenters. The molecule has 1 aromatic rings. The molecule has 6 heteroatoms. The summed E-state index contributed by atoms with van der Waals surface area (Å²) in [7, 11) is 0. The minimum absolute atomic E-state index is 0.0624. The van der Waals surface area contributed by atoms with Crippen molar-refractivity contribution in [3.05, 3.63) is 12.4 Å². The molecule has 0 radical (unpaired) electrons. The molecule has 0 aromatic carbocycles. The van der Waals surface area contributed by atoms with Crippen LogP contribution in [0.3, 0.4) is 0 Å².